The van der Waals surface area contributed by atoms with Crippen LogP contribution in [-0.4, -0.2) is 47.4 Å². The minimum Gasteiger partial charge on any atom is -0.494 e. The third kappa shape index (κ3) is 9.98. The summed E-state index contributed by atoms with van der Waals surface area (Å²) >= 11 is 0. The van der Waals surface area contributed by atoms with Crippen molar-refractivity contribution >= 4 is 39.8 Å². The smallest absolute Gasteiger partial charge is 0.190 e. The molecule has 0 atom stereocenters. The zero-order valence-electron chi connectivity index (χ0n) is 16.9. The Morgan fingerprint density at radius 1 is 0.966 bits per heavy atom. The van der Waals surface area contributed by atoms with E-state index in [0.717, 1.165) is 49.6 Å². The Kier molecular flexibility index (Phi) is 11.7. The number of aliphatic imine (C=N–C) groups is 1. The number of ether oxygens (including phenoxy) is 1. The van der Waals surface area contributed by atoms with E-state index in [1.54, 1.807) is 19.2 Å². The van der Waals surface area contributed by atoms with Gasteiger partial charge in [-0.3, -0.25) is 4.99 Å². The van der Waals surface area contributed by atoms with Crippen LogP contribution in [0.15, 0.2) is 64.5 Å². The first kappa shape index (κ1) is 25.2. The molecule has 0 aliphatic carbocycles. The van der Waals surface area contributed by atoms with Gasteiger partial charge in [-0.05, 0) is 49.1 Å². The first-order chi connectivity index (χ1) is 13.5. The number of hydrogen-bond acceptors (Lipinski definition) is 4. The van der Waals surface area contributed by atoms with Gasteiger partial charge in [0.1, 0.15) is 5.75 Å². The molecule has 160 valence electrons. The van der Waals surface area contributed by atoms with Crippen molar-refractivity contribution in [1.29, 1.82) is 0 Å². The molecule has 0 amide bonds. The number of hydrogen-bond donors (Lipinski definition) is 2. The van der Waals surface area contributed by atoms with E-state index in [2.05, 4.69) is 15.6 Å². The fraction of sp³-hybridized carbons (Fsp3) is 0.381. The second-order valence-electron chi connectivity index (χ2n) is 6.46. The molecule has 0 aromatic heterocycles. The molecule has 0 radical (unpaired) electrons. The van der Waals surface area contributed by atoms with Crippen molar-refractivity contribution < 1.29 is 13.2 Å². The van der Waals surface area contributed by atoms with Gasteiger partial charge in [-0.1, -0.05) is 30.3 Å². The van der Waals surface area contributed by atoms with E-state index in [-0.39, 0.29) is 24.0 Å². The first-order valence-electron chi connectivity index (χ1n) is 9.40. The predicted octanol–water partition coefficient (Wildman–Crippen LogP) is 3.27. The summed E-state index contributed by atoms with van der Waals surface area (Å²) in [4.78, 5) is 4.56. The number of halogens is 1. The van der Waals surface area contributed by atoms with Crippen LogP contribution in [0, 0.1) is 0 Å². The van der Waals surface area contributed by atoms with E-state index in [1.165, 1.54) is 6.26 Å². The second-order valence-corrected chi connectivity index (χ2v) is 8.48. The molecule has 0 saturated heterocycles. The molecular weight excluding hydrogens is 501 g/mol. The van der Waals surface area contributed by atoms with Gasteiger partial charge < -0.3 is 15.4 Å². The minimum atomic E-state index is -3.14. The van der Waals surface area contributed by atoms with Crippen LogP contribution in [0.4, 0.5) is 0 Å². The Morgan fingerprint density at radius 3 is 2.24 bits per heavy atom. The van der Waals surface area contributed by atoms with Gasteiger partial charge in [0.05, 0.1) is 11.5 Å². The molecule has 6 nitrogen and oxygen atoms in total. The Morgan fingerprint density at radius 2 is 1.62 bits per heavy atom. The maximum absolute atomic E-state index is 11.5. The molecule has 0 aliphatic heterocycles. The van der Waals surface area contributed by atoms with E-state index in [9.17, 15) is 8.42 Å². The SMILES string of the molecule is CN=C(NCCCCOc1ccccc1)NCCc1ccc(S(C)(=O)=O)cc1.I. The number of nitrogens with zero attached hydrogens (tertiary/aromatic N) is 1. The molecule has 2 N–H and O–H groups in total. The van der Waals surface area contributed by atoms with Crippen molar-refractivity contribution in [1.82, 2.24) is 10.6 Å². The van der Waals surface area contributed by atoms with Gasteiger partial charge >= 0.3 is 0 Å². The molecule has 29 heavy (non-hydrogen) atoms. The first-order valence-corrected chi connectivity index (χ1v) is 11.3. The molecule has 0 heterocycles. The Labute approximate surface area is 191 Å². The lowest BCUT2D eigenvalue weighted by molar-refractivity contribution is 0.307. The van der Waals surface area contributed by atoms with Crippen molar-refractivity contribution in [3.8, 4) is 5.75 Å². The number of sulfone groups is 1. The lowest BCUT2D eigenvalue weighted by Gasteiger charge is -2.12. The molecule has 0 bridgehead atoms. The minimum absolute atomic E-state index is 0. The van der Waals surface area contributed by atoms with E-state index in [0.29, 0.717) is 11.5 Å². The lowest BCUT2D eigenvalue weighted by Crippen LogP contribution is -2.38. The summed E-state index contributed by atoms with van der Waals surface area (Å²) in [5.74, 6) is 1.66. The highest BCUT2D eigenvalue weighted by Gasteiger charge is 2.06. The average molecular weight is 531 g/mol. The van der Waals surface area contributed by atoms with E-state index in [4.69, 9.17) is 4.74 Å². The van der Waals surface area contributed by atoms with Crippen molar-refractivity contribution in [2.75, 3.05) is 33.0 Å². The lowest BCUT2D eigenvalue weighted by atomic mass is 10.1. The summed E-state index contributed by atoms with van der Waals surface area (Å²) in [5.41, 5.74) is 1.08. The number of rotatable bonds is 10. The highest BCUT2D eigenvalue weighted by Crippen LogP contribution is 2.10. The van der Waals surface area contributed by atoms with E-state index < -0.39 is 9.84 Å². The van der Waals surface area contributed by atoms with Crippen molar-refractivity contribution in [3.05, 3.63) is 60.2 Å². The standard InChI is InChI=1S/C21H29N3O3S.HI/c1-22-21(23-15-6-7-17-27-19-8-4-3-5-9-19)24-16-14-18-10-12-20(13-11-18)28(2,25)26;/h3-5,8-13H,6-7,14-17H2,1-2H3,(H2,22,23,24);1H. The summed E-state index contributed by atoms with van der Waals surface area (Å²) in [5, 5.41) is 6.56. The van der Waals surface area contributed by atoms with Gasteiger partial charge in [0.25, 0.3) is 0 Å². The van der Waals surface area contributed by atoms with Crippen LogP contribution in [0.3, 0.4) is 0 Å². The van der Waals surface area contributed by atoms with Crippen LogP contribution in [0.1, 0.15) is 18.4 Å². The molecule has 0 aliphatic rings. The molecule has 0 spiro atoms. The molecule has 2 aromatic carbocycles. The largest absolute Gasteiger partial charge is 0.494 e. The number of benzene rings is 2. The van der Waals surface area contributed by atoms with Gasteiger partial charge in [-0.25, -0.2) is 8.42 Å². The predicted molar refractivity (Wildman–Crippen MR) is 129 cm³/mol. The number of para-hydroxylation sites is 1. The normalized spacial score (nSPS) is 11.4. The van der Waals surface area contributed by atoms with Crippen LogP contribution in [0.5, 0.6) is 5.75 Å². The Hall–Kier alpha value is -1.81. The number of unbranched alkanes of at least 4 members (excludes halogenated alkanes) is 1. The fourth-order valence-corrected chi connectivity index (χ4v) is 3.22. The third-order valence-corrected chi connectivity index (χ3v) is 5.29. The van der Waals surface area contributed by atoms with Crippen LogP contribution in [0.2, 0.25) is 0 Å². The quantitative estimate of drug-likeness (QED) is 0.213. The highest BCUT2D eigenvalue weighted by molar-refractivity contribution is 14.0. The highest BCUT2D eigenvalue weighted by atomic mass is 127. The summed E-state index contributed by atoms with van der Waals surface area (Å²) in [6.07, 6.45) is 3.95. The van der Waals surface area contributed by atoms with Crippen LogP contribution < -0.4 is 15.4 Å². The van der Waals surface area contributed by atoms with E-state index >= 15 is 0 Å². The maximum atomic E-state index is 11.5. The van der Waals surface area contributed by atoms with Gasteiger partial charge in [-0.2, -0.15) is 0 Å². The van der Waals surface area contributed by atoms with Crippen LogP contribution >= 0.6 is 24.0 Å². The molecule has 0 fully saturated rings. The molecule has 8 heteroatoms. The van der Waals surface area contributed by atoms with Crippen LogP contribution in [0.25, 0.3) is 0 Å². The van der Waals surface area contributed by atoms with Gasteiger partial charge in [-0.15, -0.1) is 24.0 Å². The molecule has 0 saturated carbocycles. The number of guanidine groups is 1. The zero-order chi connectivity index (χ0) is 20.2. The van der Waals surface area contributed by atoms with Crippen molar-refractivity contribution in [2.45, 2.75) is 24.2 Å². The molecule has 0 unspecified atom stereocenters. The molecular formula is C21H30IN3O3S. The summed E-state index contributed by atoms with van der Waals surface area (Å²) in [6, 6.07) is 16.8. The monoisotopic (exact) mass is 531 g/mol. The van der Waals surface area contributed by atoms with Gasteiger partial charge in [0, 0.05) is 26.4 Å². The second kappa shape index (κ2) is 13.4. The van der Waals surface area contributed by atoms with Gasteiger partial charge in [0.15, 0.2) is 15.8 Å². The summed E-state index contributed by atoms with van der Waals surface area (Å²) in [6.45, 7) is 2.23. The van der Waals surface area contributed by atoms with Crippen molar-refractivity contribution in [3.63, 3.8) is 0 Å². The number of nitrogens with one attached hydrogen (secondary N) is 2. The maximum Gasteiger partial charge on any atom is 0.190 e. The van der Waals surface area contributed by atoms with E-state index in [1.807, 2.05) is 42.5 Å². The summed E-state index contributed by atoms with van der Waals surface area (Å²) < 4.78 is 28.6. The average Bonchev–Trinajstić information content (AvgIpc) is 2.69. The van der Waals surface area contributed by atoms with Gasteiger partial charge in [0.2, 0.25) is 0 Å². The third-order valence-electron chi connectivity index (χ3n) is 4.16. The Bertz CT molecular complexity index is 841. The molecule has 2 aromatic rings. The Balaban J connectivity index is 0.00000420. The molecule has 2 rings (SSSR count). The van der Waals surface area contributed by atoms with Crippen molar-refractivity contribution in [2.24, 2.45) is 4.99 Å². The summed E-state index contributed by atoms with van der Waals surface area (Å²) in [7, 11) is -1.40. The van der Waals surface area contributed by atoms with Crippen LogP contribution in [-0.2, 0) is 16.3 Å². The fourth-order valence-electron chi connectivity index (χ4n) is 2.59. The topological polar surface area (TPSA) is 79.8 Å². The zero-order valence-corrected chi connectivity index (χ0v) is 20.1.